The lowest BCUT2D eigenvalue weighted by molar-refractivity contribution is -0.121. The van der Waals surface area contributed by atoms with E-state index in [2.05, 4.69) is 47.6 Å². The van der Waals surface area contributed by atoms with Crippen LogP contribution in [-0.4, -0.2) is 24.3 Å². The molecule has 5 nitrogen and oxygen atoms in total. The van der Waals surface area contributed by atoms with Gasteiger partial charge in [0.05, 0.1) is 24.0 Å². The molecule has 1 heterocycles. The molecule has 1 atom stereocenters. The third-order valence-electron chi connectivity index (χ3n) is 7.40. The van der Waals surface area contributed by atoms with Crippen LogP contribution in [0, 0.1) is 5.41 Å². The van der Waals surface area contributed by atoms with Gasteiger partial charge in [0.25, 0.3) is 0 Å². The molecule has 0 unspecified atom stereocenters. The summed E-state index contributed by atoms with van der Waals surface area (Å²) in [6, 6.07) is 18.2. The van der Waals surface area contributed by atoms with Crippen LogP contribution >= 0.6 is 0 Å². The van der Waals surface area contributed by atoms with E-state index in [9.17, 15) is 9.59 Å². The molecule has 5 heteroatoms. The monoisotopic (exact) mass is 457 g/mol. The van der Waals surface area contributed by atoms with Gasteiger partial charge >= 0.3 is 0 Å². The van der Waals surface area contributed by atoms with Crippen molar-refractivity contribution >= 4 is 23.1 Å². The van der Waals surface area contributed by atoms with E-state index >= 15 is 0 Å². The largest absolute Gasteiger partial charge is 0.357 e. The Morgan fingerprint density at radius 1 is 1.00 bits per heavy atom. The summed E-state index contributed by atoms with van der Waals surface area (Å²) >= 11 is 0. The first-order valence-electron chi connectivity index (χ1n) is 12.6. The fourth-order valence-corrected chi connectivity index (χ4v) is 5.88. The number of fused-ring (bicyclic) bond motifs is 1. The van der Waals surface area contributed by atoms with E-state index in [1.54, 1.807) is 0 Å². The quantitative estimate of drug-likeness (QED) is 0.614. The van der Waals surface area contributed by atoms with Crippen molar-refractivity contribution in [3.63, 3.8) is 0 Å². The fraction of sp³-hybridized carbons (Fsp3) is 0.448. The summed E-state index contributed by atoms with van der Waals surface area (Å²) in [6.07, 6.45) is 7.01. The van der Waals surface area contributed by atoms with Crippen LogP contribution in [0.3, 0.4) is 0 Å². The highest BCUT2D eigenvalue weighted by Gasteiger charge is 2.41. The van der Waals surface area contributed by atoms with Gasteiger partial charge in [-0.1, -0.05) is 75.6 Å². The number of nitrogens with one attached hydrogen (secondary N) is 2. The van der Waals surface area contributed by atoms with E-state index in [1.165, 1.54) is 19.3 Å². The average molecular weight is 458 g/mol. The number of hydrogen-bond donors (Lipinski definition) is 2. The zero-order valence-corrected chi connectivity index (χ0v) is 20.3. The van der Waals surface area contributed by atoms with Crippen molar-refractivity contribution in [2.75, 3.05) is 16.8 Å². The summed E-state index contributed by atoms with van der Waals surface area (Å²) in [5.41, 5.74) is 4.61. The number of allylic oxidation sites excluding steroid dienone is 1. The Labute approximate surface area is 202 Å². The Morgan fingerprint density at radius 2 is 1.71 bits per heavy atom. The SMILES string of the molecule is CC1(C)CC(=O)C2=C(C1)Nc1ccccc1N(CC(=O)NC1CCCCC1)[C@@H]2c1ccccc1. The highest BCUT2D eigenvalue weighted by molar-refractivity contribution is 6.01. The Balaban J connectivity index is 1.59. The van der Waals surface area contributed by atoms with E-state index in [0.717, 1.165) is 47.5 Å². The number of carbonyl (C=O) groups excluding carboxylic acids is 2. The van der Waals surface area contributed by atoms with Crippen molar-refractivity contribution in [1.82, 2.24) is 5.32 Å². The number of rotatable bonds is 4. The first-order valence-corrected chi connectivity index (χ1v) is 12.6. The van der Waals surface area contributed by atoms with Crippen molar-refractivity contribution in [2.45, 2.75) is 70.9 Å². The van der Waals surface area contributed by atoms with Crippen molar-refractivity contribution in [2.24, 2.45) is 5.41 Å². The minimum absolute atomic E-state index is 0.0234. The molecule has 0 spiro atoms. The third-order valence-corrected chi connectivity index (χ3v) is 7.40. The summed E-state index contributed by atoms with van der Waals surface area (Å²) < 4.78 is 0. The molecule has 1 fully saturated rings. The maximum Gasteiger partial charge on any atom is 0.239 e. The number of amides is 1. The summed E-state index contributed by atoms with van der Waals surface area (Å²) in [5.74, 6) is 0.188. The van der Waals surface area contributed by atoms with Gasteiger partial charge in [0.15, 0.2) is 5.78 Å². The molecule has 0 saturated heterocycles. The van der Waals surface area contributed by atoms with Gasteiger partial charge in [-0.25, -0.2) is 0 Å². The standard InChI is InChI=1S/C29H35N3O2/c1-29(2)17-23-27(25(33)18-29)28(20-11-5-3-6-12-20)32(24-16-10-9-15-22(24)31-23)19-26(34)30-21-13-7-4-8-14-21/h3,5-6,9-12,15-16,21,28,31H,4,7-8,13-14,17-19H2,1-2H3,(H,30,34)/t28-/m1/s1. The first-order chi connectivity index (χ1) is 16.4. The molecule has 5 rings (SSSR count). The van der Waals surface area contributed by atoms with E-state index in [0.29, 0.717) is 6.42 Å². The molecule has 2 aromatic carbocycles. The smallest absolute Gasteiger partial charge is 0.239 e. The van der Waals surface area contributed by atoms with E-state index < -0.39 is 0 Å². The molecule has 1 aliphatic heterocycles. The third kappa shape index (κ3) is 4.61. The molecular weight excluding hydrogens is 422 g/mol. The Bertz CT molecular complexity index is 1100. The minimum atomic E-state index is -0.312. The molecular formula is C29H35N3O2. The normalized spacial score (nSPS) is 22.4. The number of Topliss-reactive ketones (excluding diaryl/α,β-unsaturated/α-hetero) is 1. The van der Waals surface area contributed by atoms with Gasteiger partial charge in [0.1, 0.15) is 0 Å². The van der Waals surface area contributed by atoms with Crippen LogP contribution in [0.1, 0.15) is 70.4 Å². The van der Waals surface area contributed by atoms with E-state index in [-0.39, 0.29) is 35.7 Å². The molecule has 0 bridgehead atoms. The molecule has 2 aromatic rings. The van der Waals surface area contributed by atoms with Crippen LogP contribution in [0.4, 0.5) is 11.4 Å². The Kier molecular flexibility index (Phi) is 6.20. The summed E-state index contributed by atoms with van der Waals surface area (Å²) in [6.45, 7) is 4.52. The van der Waals surface area contributed by atoms with Crippen molar-refractivity contribution in [1.29, 1.82) is 0 Å². The maximum absolute atomic E-state index is 13.7. The van der Waals surface area contributed by atoms with E-state index in [1.807, 2.05) is 36.4 Å². The molecule has 0 radical (unpaired) electrons. The lowest BCUT2D eigenvalue weighted by Crippen LogP contribution is -2.45. The van der Waals surface area contributed by atoms with Crippen LogP contribution in [0.2, 0.25) is 0 Å². The zero-order chi connectivity index (χ0) is 23.7. The number of anilines is 2. The van der Waals surface area contributed by atoms with Gasteiger partial charge in [0, 0.05) is 23.7 Å². The van der Waals surface area contributed by atoms with Crippen LogP contribution < -0.4 is 15.5 Å². The number of hydrogen-bond acceptors (Lipinski definition) is 4. The van der Waals surface area contributed by atoms with Crippen LogP contribution in [0.5, 0.6) is 0 Å². The van der Waals surface area contributed by atoms with Gasteiger partial charge < -0.3 is 15.5 Å². The number of para-hydroxylation sites is 2. The predicted octanol–water partition coefficient (Wildman–Crippen LogP) is 5.75. The van der Waals surface area contributed by atoms with Crippen molar-refractivity contribution in [3.8, 4) is 0 Å². The summed E-state index contributed by atoms with van der Waals surface area (Å²) in [7, 11) is 0. The number of nitrogens with zero attached hydrogens (tertiary/aromatic N) is 1. The second-order valence-corrected chi connectivity index (χ2v) is 10.8. The second kappa shape index (κ2) is 9.28. The minimum Gasteiger partial charge on any atom is -0.357 e. The van der Waals surface area contributed by atoms with Gasteiger partial charge in [-0.15, -0.1) is 0 Å². The number of ketones is 1. The Hall–Kier alpha value is -3.08. The predicted molar refractivity (Wildman–Crippen MR) is 137 cm³/mol. The lowest BCUT2D eigenvalue weighted by atomic mass is 9.73. The second-order valence-electron chi connectivity index (χ2n) is 10.8. The molecule has 178 valence electrons. The first kappa shape index (κ1) is 22.7. The topological polar surface area (TPSA) is 61.4 Å². The highest BCUT2D eigenvalue weighted by Crippen LogP contribution is 2.48. The number of benzene rings is 2. The fourth-order valence-electron chi connectivity index (χ4n) is 5.88. The summed E-state index contributed by atoms with van der Waals surface area (Å²) in [4.78, 5) is 29.1. The molecule has 0 aromatic heterocycles. The molecule has 2 N–H and O–H groups in total. The Morgan fingerprint density at radius 3 is 2.47 bits per heavy atom. The number of carbonyl (C=O) groups is 2. The van der Waals surface area contributed by atoms with Gasteiger partial charge in [0.2, 0.25) is 5.91 Å². The van der Waals surface area contributed by atoms with E-state index in [4.69, 9.17) is 0 Å². The van der Waals surface area contributed by atoms with Crippen LogP contribution in [0.25, 0.3) is 0 Å². The van der Waals surface area contributed by atoms with Crippen LogP contribution in [0.15, 0.2) is 65.9 Å². The maximum atomic E-state index is 13.7. The van der Waals surface area contributed by atoms with Gasteiger partial charge in [-0.2, -0.15) is 0 Å². The molecule has 3 aliphatic rings. The average Bonchev–Trinajstić information content (AvgIpc) is 2.94. The van der Waals surface area contributed by atoms with Crippen molar-refractivity contribution in [3.05, 3.63) is 71.4 Å². The highest BCUT2D eigenvalue weighted by atomic mass is 16.2. The zero-order valence-electron chi connectivity index (χ0n) is 20.3. The van der Waals surface area contributed by atoms with Gasteiger partial charge in [-0.05, 0) is 42.4 Å². The lowest BCUT2D eigenvalue weighted by Gasteiger charge is -2.38. The molecule has 2 aliphatic carbocycles. The molecule has 1 saturated carbocycles. The van der Waals surface area contributed by atoms with Crippen molar-refractivity contribution < 1.29 is 9.59 Å². The van der Waals surface area contributed by atoms with Gasteiger partial charge in [-0.3, -0.25) is 9.59 Å². The molecule has 34 heavy (non-hydrogen) atoms. The summed E-state index contributed by atoms with van der Waals surface area (Å²) in [5, 5.41) is 6.90. The van der Waals surface area contributed by atoms with Crippen LogP contribution in [-0.2, 0) is 9.59 Å². The molecule has 1 amide bonds.